The standard InChI is InChI=1S/C27H36N4O7S2/c1-16(2)13-31(14-17(3)4)40(36,37)20-9-7-19(8-10-20)24(33)28-26-23(25(34)29-27(35)38-6)21-11-12-30(18(5)32)15-22(21)39-26/h7-10,16-17H,11-15H2,1-6H3,(H,28,33)(H,29,34,35). The second-order valence-corrected chi connectivity index (χ2v) is 13.5. The summed E-state index contributed by atoms with van der Waals surface area (Å²) in [6.45, 7) is 10.7. The number of amides is 4. The van der Waals surface area contributed by atoms with E-state index in [1.807, 2.05) is 27.7 Å². The summed E-state index contributed by atoms with van der Waals surface area (Å²) >= 11 is 1.15. The molecule has 0 radical (unpaired) electrons. The first-order valence-electron chi connectivity index (χ1n) is 13.0. The summed E-state index contributed by atoms with van der Waals surface area (Å²) in [5.41, 5.74) is 0.976. The van der Waals surface area contributed by atoms with Gasteiger partial charge in [-0.2, -0.15) is 4.31 Å². The molecule has 0 saturated carbocycles. The fourth-order valence-corrected chi connectivity index (χ4v) is 7.42. The van der Waals surface area contributed by atoms with Crippen LogP contribution in [0.4, 0.5) is 9.80 Å². The Morgan fingerprint density at radius 3 is 2.15 bits per heavy atom. The van der Waals surface area contributed by atoms with E-state index >= 15 is 0 Å². The maximum atomic E-state index is 13.3. The lowest BCUT2D eigenvalue weighted by Crippen LogP contribution is -2.37. The fourth-order valence-electron chi connectivity index (χ4n) is 4.39. The van der Waals surface area contributed by atoms with E-state index in [1.165, 1.54) is 35.5 Å². The number of alkyl carbamates (subject to hydrolysis) is 1. The Balaban J connectivity index is 1.89. The minimum Gasteiger partial charge on any atom is -0.453 e. The zero-order valence-corrected chi connectivity index (χ0v) is 25.2. The first kappa shape index (κ1) is 31.2. The Morgan fingerprint density at radius 1 is 1.02 bits per heavy atom. The third kappa shape index (κ3) is 7.26. The molecule has 1 aliphatic rings. The van der Waals surface area contributed by atoms with E-state index in [-0.39, 0.29) is 45.3 Å². The van der Waals surface area contributed by atoms with Crippen LogP contribution in [0.5, 0.6) is 0 Å². The molecular formula is C27H36N4O7S2. The number of rotatable bonds is 9. The van der Waals surface area contributed by atoms with Gasteiger partial charge in [-0.15, -0.1) is 11.3 Å². The summed E-state index contributed by atoms with van der Waals surface area (Å²) < 4.78 is 32.6. The monoisotopic (exact) mass is 592 g/mol. The molecule has 11 nitrogen and oxygen atoms in total. The first-order chi connectivity index (χ1) is 18.7. The number of carbonyl (C=O) groups excluding carboxylic acids is 4. The Kier molecular flexibility index (Phi) is 10.1. The molecule has 2 aromatic rings. The number of anilines is 1. The molecule has 0 atom stereocenters. The van der Waals surface area contributed by atoms with Crippen LogP contribution in [0, 0.1) is 11.8 Å². The molecule has 0 bridgehead atoms. The van der Waals surface area contributed by atoms with Crippen LogP contribution in [-0.4, -0.2) is 68.2 Å². The van der Waals surface area contributed by atoms with Gasteiger partial charge < -0.3 is 15.0 Å². The van der Waals surface area contributed by atoms with Crippen molar-refractivity contribution in [2.45, 2.75) is 52.5 Å². The molecule has 3 rings (SSSR count). The first-order valence-corrected chi connectivity index (χ1v) is 15.2. The van der Waals surface area contributed by atoms with Gasteiger partial charge in [0.2, 0.25) is 15.9 Å². The second kappa shape index (κ2) is 12.9. The lowest BCUT2D eigenvalue weighted by atomic mass is 10.0. The highest BCUT2D eigenvalue weighted by Crippen LogP contribution is 2.37. The van der Waals surface area contributed by atoms with Gasteiger partial charge in [-0.05, 0) is 48.1 Å². The molecule has 13 heteroatoms. The smallest absolute Gasteiger partial charge is 0.413 e. The summed E-state index contributed by atoms with van der Waals surface area (Å²) in [5, 5.41) is 5.09. The maximum Gasteiger partial charge on any atom is 0.413 e. The molecule has 0 unspecified atom stereocenters. The number of hydrogen-bond donors (Lipinski definition) is 2. The minimum absolute atomic E-state index is 0.0828. The average molecular weight is 593 g/mol. The van der Waals surface area contributed by atoms with Gasteiger partial charge in [0.15, 0.2) is 0 Å². The van der Waals surface area contributed by atoms with Gasteiger partial charge in [0.05, 0.1) is 24.1 Å². The van der Waals surface area contributed by atoms with E-state index < -0.39 is 27.9 Å². The van der Waals surface area contributed by atoms with Gasteiger partial charge in [-0.3, -0.25) is 19.7 Å². The number of imide groups is 1. The molecule has 0 spiro atoms. The Morgan fingerprint density at radius 2 is 1.62 bits per heavy atom. The molecule has 4 amide bonds. The summed E-state index contributed by atoms with van der Waals surface area (Å²) in [7, 11) is -2.63. The molecular weight excluding hydrogens is 556 g/mol. The largest absolute Gasteiger partial charge is 0.453 e. The highest BCUT2D eigenvalue weighted by molar-refractivity contribution is 7.89. The van der Waals surface area contributed by atoms with Crippen LogP contribution >= 0.6 is 11.3 Å². The van der Waals surface area contributed by atoms with Crippen LogP contribution in [0.3, 0.4) is 0 Å². The highest BCUT2D eigenvalue weighted by Gasteiger charge is 2.31. The van der Waals surface area contributed by atoms with E-state index in [0.717, 1.165) is 23.3 Å². The number of nitrogens with zero attached hydrogens (tertiary/aromatic N) is 2. The Bertz CT molecular complexity index is 1370. The number of benzene rings is 1. The molecule has 0 aliphatic carbocycles. The summed E-state index contributed by atoms with van der Waals surface area (Å²) in [5.74, 6) is -1.11. The molecule has 2 N–H and O–H groups in total. The molecule has 1 aromatic heterocycles. The Labute approximate surface area is 238 Å². The summed E-state index contributed by atoms with van der Waals surface area (Å²) in [6.07, 6.45) is -0.565. The van der Waals surface area contributed by atoms with Gasteiger partial charge in [0, 0.05) is 37.0 Å². The van der Waals surface area contributed by atoms with Crippen LogP contribution < -0.4 is 10.6 Å². The van der Waals surface area contributed by atoms with Crippen LogP contribution in [0.1, 0.15) is 65.8 Å². The number of thiophene rings is 1. The van der Waals surface area contributed by atoms with Crippen LogP contribution in [0.15, 0.2) is 29.2 Å². The van der Waals surface area contributed by atoms with E-state index in [4.69, 9.17) is 0 Å². The van der Waals surface area contributed by atoms with Gasteiger partial charge in [-0.25, -0.2) is 13.2 Å². The molecule has 2 heterocycles. The van der Waals surface area contributed by atoms with Gasteiger partial charge >= 0.3 is 6.09 Å². The van der Waals surface area contributed by atoms with Crippen molar-refractivity contribution in [1.29, 1.82) is 0 Å². The number of carbonyl (C=O) groups is 4. The average Bonchev–Trinajstić information content (AvgIpc) is 3.24. The molecule has 40 heavy (non-hydrogen) atoms. The van der Waals surface area contributed by atoms with Crippen molar-refractivity contribution in [1.82, 2.24) is 14.5 Å². The molecule has 1 aliphatic heterocycles. The molecule has 0 fully saturated rings. The number of methoxy groups -OCH3 is 1. The topological polar surface area (TPSA) is 142 Å². The van der Waals surface area contributed by atoms with Crippen molar-refractivity contribution in [3.8, 4) is 0 Å². The van der Waals surface area contributed by atoms with E-state index in [2.05, 4.69) is 15.4 Å². The summed E-state index contributed by atoms with van der Waals surface area (Å²) in [6, 6.07) is 5.63. The second-order valence-electron chi connectivity index (χ2n) is 10.4. The molecule has 0 saturated heterocycles. The van der Waals surface area contributed by atoms with Gasteiger partial charge in [0.1, 0.15) is 5.00 Å². The van der Waals surface area contributed by atoms with Crippen molar-refractivity contribution in [3.05, 3.63) is 45.8 Å². The number of sulfonamides is 1. The van der Waals surface area contributed by atoms with Gasteiger partial charge in [-0.1, -0.05) is 27.7 Å². The lowest BCUT2D eigenvalue weighted by molar-refractivity contribution is -0.129. The lowest BCUT2D eigenvalue weighted by Gasteiger charge is -2.26. The minimum atomic E-state index is -3.76. The van der Waals surface area contributed by atoms with Crippen molar-refractivity contribution in [3.63, 3.8) is 0 Å². The van der Waals surface area contributed by atoms with Crippen molar-refractivity contribution < 1.29 is 32.3 Å². The predicted molar refractivity (Wildman–Crippen MR) is 152 cm³/mol. The number of ether oxygens (including phenoxy) is 1. The number of fused-ring (bicyclic) bond motifs is 1. The zero-order chi connectivity index (χ0) is 29.8. The Hall–Kier alpha value is -3.29. The SMILES string of the molecule is COC(=O)NC(=O)c1c(NC(=O)c2ccc(S(=O)(=O)N(CC(C)C)CC(C)C)cc2)sc2c1CCN(C(C)=O)C2. The summed E-state index contributed by atoms with van der Waals surface area (Å²) in [4.78, 5) is 52.2. The zero-order valence-electron chi connectivity index (χ0n) is 23.6. The molecule has 1 aromatic carbocycles. The predicted octanol–water partition coefficient (Wildman–Crippen LogP) is 3.70. The quantitative estimate of drug-likeness (QED) is 0.452. The van der Waals surface area contributed by atoms with Crippen molar-refractivity contribution in [2.24, 2.45) is 11.8 Å². The van der Waals surface area contributed by atoms with E-state index in [1.54, 1.807) is 4.90 Å². The van der Waals surface area contributed by atoms with Crippen LogP contribution in [0.25, 0.3) is 0 Å². The van der Waals surface area contributed by atoms with Crippen LogP contribution in [-0.2, 0) is 32.5 Å². The number of hydrogen-bond acceptors (Lipinski definition) is 8. The third-order valence-corrected chi connectivity index (χ3v) is 9.23. The normalized spacial score (nSPS) is 13.4. The molecule has 218 valence electrons. The number of nitrogens with one attached hydrogen (secondary N) is 2. The van der Waals surface area contributed by atoms with E-state index in [9.17, 15) is 27.6 Å². The van der Waals surface area contributed by atoms with Gasteiger partial charge in [0.25, 0.3) is 11.8 Å². The highest BCUT2D eigenvalue weighted by atomic mass is 32.2. The third-order valence-electron chi connectivity index (χ3n) is 6.25. The van der Waals surface area contributed by atoms with Crippen LogP contribution in [0.2, 0.25) is 0 Å². The van der Waals surface area contributed by atoms with Crippen molar-refractivity contribution in [2.75, 3.05) is 32.1 Å². The van der Waals surface area contributed by atoms with Crippen molar-refractivity contribution >= 4 is 50.2 Å². The fraction of sp³-hybridized carbons (Fsp3) is 0.481. The van der Waals surface area contributed by atoms with E-state index in [0.29, 0.717) is 31.6 Å². The maximum absolute atomic E-state index is 13.3.